The van der Waals surface area contributed by atoms with Crippen LogP contribution in [-0.4, -0.2) is 29.3 Å². The largest absolute Gasteiger partial charge is 0.351 e. The molecule has 0 saturated carbocycles. The first-order valence-corrected chi connectivity index (χ1v) is 9.31. The molecule has 5 heteroatoms. The molecule has 0 aromatic heterocycles. The van der Waals surface area contributed by atoms with E-state index in [9.17, 15) is 14.0 Å². The fourth-order valence-corrected chi connectivity index (χ4v) is 3.36. The quantitative estimate of drug-likeness (QED) is 0.849. The molecule has 1 saturated heterocycles. The van der Waals surface area contributed by atoms with Gasteiger partial charge in [-0.3, -0.25) is 9.59 Å². The van der Waals surface area contributed by atoms with Gasteiger partial charge in [0.1, 0.15) is 5.82 Å². The van der Waals surface area contributed by atoms with Crippen LogP contribution in [0.1, 0.15) is 42.9 Å². The van der Waals surface area contributed by atoms with Gasteiger partial charge < -0.3 is 10.2 Å². The molecule has 1 atom stereocenters. The number of halogens is 1. The number of nitrogens with one attached hydrogen (secondary N) is 1. The lowest BCUT2D eigenvalue weighted by molar-refractivity contribution is -0.128. The zero-order chi connectivity index (χ0) is 19.4. The second-order valence-electron chi connectivity index (χ2n) is 7.45. The highest BCUT2D eigenvalue weighted by Crippen LogP contribution is 2.17. The molecular weight excluding hydrogens is 343 g/mol. The first-order valence-electron chi connectivity index (χ1n) is 9.31. The minimum absolute atomic E-state index is 0.0224. The van der Waals surface area contributed by atoms with Crippen molar-refractivity contribution in [3.05, 3.63) is 71.0 Å². The van der Waals surface area contributed by atoms with Crippen LogP contribution < -0.4 is 5.32 Å². The minimum atomic E-state index is -0.313. The number of benzene rings is 2. The third-order valence-electron chi connectivity index (χ3n) is 4.85. The Morgan fingerprint density at radius 2 is 1.93 bits per heavy atom. The Kier molecular flexibility index (Phi) is 5.89. The standard InChI is InChI=1S/C22H25FN2O2/c1-15(2)18-8-6-16(7-9-18)11-21(26)24-20-12-22(27)25(14-20)13-17-4-3-5-19(23)10-17/h3-10,15,20H,11-14H2,1-2H3,(H,24,26)/t20-/m1/s1. The molecule has 2 aromatic carbocycles. The van der Waals surface area contributed by atoms with Gasteiger partial charge in [0.25, 0.3) is 0 Å². The molecule has 1 aliphatic rings. The molecular formula is C22H25FN2O2. The average Bonchev–Trinajstić information content (AvgIpc) is 2.94. The van der Waals surface area contributed by atoms with Gasteiger partial charge >= 0.3 is 0 Å². The monoisotopic (exact) mass is 368 g/mol. The maximum Gasteiger partial charge on any atom is 0.225 e. The number of amides is 2. The van der Waals surface area contributed by atoms with Gasteiger partial charge in [0.2, 0.25) is 11.8 Å². The summed E-state index contributed by atoms with van der Waals surface area (Å²) in [6, 6.07) is 14.1. The van der Waals surface area contributed by atoms with Crippen molar-refractivity contribution in [1.29, 1.82) is 0 Å². The molecule has 142 valence electrons. The number of rotatable bonds is 6. The topological polar surface area (TPSA) is 49.4 Å². The predicted molar refractivity (Wildman–Crippen MR) is 103 cm³/mol. The van der Waals surface area contributed by atoms with Crippen molar-refractivity contribution >= 4 is 11.8 Å². The number of carbonyl (C=O) groups excluding carboxylic acids is 2. The fraction of sp³-hybridized carbons (Fsp3) is 0.364. The van der Waals surface area contributed by atoms with Crippen LogP contribution in [0.4, 0.5) is 4.39 Å². The van der Waals surface area contributed by atoms with E-state index in [2.05, 4.69) is 19.2 Å². The van der Waals surface area contributed by atoms with E-state index in [0.717, 1.165) is 11.1 Å². The molecule has 1 fully saturated rings. The van der Waals surface area contributed by atoms with Crippen molar-refractivity contribution in [2.24, 2.45) is 0 Å². The highest BCUT2D eigenvalue weighted by atomic mass is 19.1. The van der Waals surface area contributed by atoms with Gasteiger partial charge in [0.05, 0.1) is 12.5 Å². The number of hydrogen-bond acceptors (Lipinski definition) is 2. The van der Waals surface area contributed by atoms with E-state index in [-0.39, 0.29) is 30.1 Å². The van der Waals surface area contributed by atoms with Crippen molar-refractivity contribution in [3.63, 3.8) is 0 Å². The molecule has 0 unspecified atom stereocenters. The van der Waals surface area contributed by atoms with Gasteiger partial charge in [-0.2, -0.15) is 0 Å². The second-order valence-corrected chi connectivity index (χ2v) is 7.45. The van der Waals surface area contributed by atoms with Crippen molar-refractivity contribution in [2.75, 3.05) is 6.54 Å². The van der Waals surface area contributed by atoms with E-state index >= 15 is 0 Å². The van der Waals surface area contributed by atoms with Gasteiger partial charge in [-0.1, -0.05) is 50.2 Å². The molecule has 1 N–H and O–H groups in total. The molecule has 27 heavy (non-hydrogen) atoms. The summed E-state index contributed by atoms with van der Waals surface area (Å²) in [5.74, 6) is 0.0393. The van der Waals surface area contributed by atoms with E-state index in [1.165, 1.54) is 17.7 Å². The molecule has 1 aliphatic heterocycles. The zero-order valence-corrected chi connectivity index (χ0v) is 15.7. The fourth-order valence-electron chi connectivity index (χ4n) is 3.36. The lowest BCUT2D eigenvalue weighted by atomic mass is 10.0. The van der Waals surface area contributed by atoms with E-state index in [0.29, 0.717) is 25.4 Å². The maximum atomic E-state index is 13.3. The third-order valence-corrected chi connectivity index (χ3v) is 4.85. The Labute approximate surface area is 159 Å². The van der Waals surface area contributed by atoms with E-state index in [1.807, 2.05) is 24.3 Å². The summed E-state index contributed by atoms with van der Waals surface area (Å²) in [6.45, 7) is 5.08. The zero-order valence-electron chi connectivity index (χ0n) is 15.7. The van der Waals surface area contributed by atoms with Crippen LogP contribution in [0.5, 0.6) is 0 Å². The van der Waals surface area contributed by atoms with Crippen molar-refractivity contribution in [1.82, 2.24) is 10.2 Å². The van der Waals surface area contributed by atoms with Crippen LogP contribution in [0, 0.1) is 5.82 Å². The van der Waals surface area contributed by atoms with Crippen molar-refractivity contribution < 1.29 is 14.0 Å². The van der Waals surface area contributed by atoms with E-state index in [1.54, 1.807) is 17.0 Å². The second kappa shape index (κ2) is 8.33. The third kappa shape index (κ3) is 5.16. The first kappa shape index (κ1) is 19.1. The van der Waals surface area contributed by atoms with E-state index in [4.69, 9.17) is 0 Å². The summed E-state index contributed by atoms with van der Waals surface area (Å²) < 4.78 is 13.3. The molecule has 0 bridgehead atoms. The summed E-state index contributed by atoms with van der Waals surface area (Å²) in [5.41, 5.74) is 2.95. The molecule has 1 heterocycles. The Hall–Kier alpha value is -2.69. The Morgan fingerprint density at radius 1 is 1.19 bits per heavy atom. The van der Waals surface area contributed by atoms with Gasteiger partial charge in [0, 0.05) is 19.5 Å². The molecule has 0 spiro atoms. The average molecular weight is 368 g/mol. The highest BCUT2D eigenvalue weighted by Gasteiger charge is 2.30. The minimum Gasteiger partial charge on any atom is -0.351 e. The summed E-state index contributed by atoms with van der Waals surface area (Å²) in [6.07, 6.45) is 0.584. The maximum absolute atomic E-state index is 13.3. The molecule has 3 rings (SSSR count). The Morgan fingerprint density at radius 3 is 2.59 bits per heavy atom. The van der Waals surface area contributed by atoms with Crippen LogP contribution in [0.3, 0.4) is 0 Å². The SMILES string of the molecule is CC(C)c1ccc(CC(=O)N[C@@H]2CC(=O)N(Cc3cccc(F)c3)C2)cc1. The van der Waals surface area contributed by atoms with Gasteiger partial charge in [-0.25, -0.2) is 4.39 Å². The lowest BCUT2D eigenvalue weighted by Crippen LogP contribution is -2.37. The molecule has 2 amide bonds. The van der Waals surface area contributed by atoms with Gasteiger partial charge in [-0.05, 0) is 34.7 Å². The lowest BCUT2D eigenvalue weighted by Gasteiger charge is -2.17. The summed E-state index contributed by atoms with van der Waals surface area (Å²) in [4.78, 5) is 26.2. The molecule has 4 nitrogen and oxygen atoms in total. The van der Waals surface area contributed by atoms with Crippen molar-refractivity contribution in [3.8, 4) is 0 Å². The first-order chi connectivity index (χ1) is 12.9. The number of likely N-dealkylation sites (tertiary alicyclic amines) is 1. The summed E-state index contributed by atoms with van der Waals surface area (Å²) in [7, 11) is 0. The van der Waals surface area contributed by atoms with E-state index < -0.39 is 0 Å². The van der Waals surface area contributed by atoms with Crippen LogP contribution in [0.25, 0.3) is 0 Å². The highest BCUT2D eigenvalue weighted by molar-refractivity contribution is 5.83. The van der Waals surface area contributed by atoms with Crippen LogP contribution in [-0.2, 0) is 22.6 Å². The van der Waals surface area contributed by atoms with Crippen LogP contribution in [0.2, 0.25) is 0 Å². The van der Waals surface area contributed by atoms with Crippen molar-refractivity contribution in [2.45, 2.75) is 45.2 Å². The van der Waals surface area contributed by atoms with Crippen LogP contribution >= 0.6 is 0 Å². The molecule has 0 aliphatic carbocycles. The number of carbonyl (C=O) groups is 2. The molecule has 2 aromatic rings. The summed E-state index contributed by atoms with van der Waals surface area (Å²) >= 11 is 0. The smallest absolute Gasteiger partial charge is 0.225 e. The summed E-state index contributed by atoms with van der Waals surface area (Å²) in [5, 5.41) is 2.95. The Bertz CT molecular complexity index is 817. The predicted octanol–water partition coefficient (Wildman–Crippen LogP) is 3.41. The normalized spacial score (nSPS) is 16.8. The number of nitrogens with zero attached hydrogens (tertiary/aromatic N) is 1. The van der Waals surface area contributed by atoms with Crippen LogP contribution in [0.15, 0.2) is 48.5 Å². The van der Waals surface area contributed by atoms with Gasteiger partial charge in [-0.15, -0.1) is 0 Å². The number of hydrogen-bond donors (Lipinski definition) is 1. The van der Waals surface area contributed by atoms with Gasteiger partial charge in [0.15, 0.2) is 0 Å². The Balaban J connectivity index is 1.52. The molecule has 0 radical (unpaired) electrons.